The molecule has 0 saturated carbocycles. The number of carbonyl (C=O) groups excluding carboxylic acids is 1. The van der Waals surface area contributed by atoms with Gasteiger partial charge in [0.1, 0.15) is 0 Å². The van der Waals surface area contributed by atoms with Crippen LogP contribution >= 0.6 is 0 Å². The van der Waals surface area contributed by atoms with Gasteiger partial charge in [0.05, 0.1) is 23.9 Å². The largest absolute Gasteiger partial charge is 0.478 e. The average Bonchev–Trinajstić information content (AvgIpc) is 2.31. The van der Waals surface area contributed by atoms with Crippen molar-refractivity contribution in [3.63, 3.8) is 0 Å². The summed E-state index contributed by atoms with van der Waals surface area (Å²) in [5, 5.41) is 14.3. The van der Waals surface area contributed by atoms with Gasteiger partial charge in [-0.1, -0.05) is 12.1 Å². The van der Waals surface area contributed by atoms with Crippen molar-refractivity contribution in [2.75, 3.05) is 19.0 Å². The third kappa shape index (κ3) is 4.26. The third-order valence-corrected chi connectivity index (χ3v) is 2.54. The number of rotatable bonds is 5. The summed E-state index contributed by atoms with van der Waals surface area (Å²) in [5.41, 5.74) is 1.06. The molecule has 0 heterocycles. The standard InChI is InChI=1S/C13H18N2O4/c1-8-5-4-6-10(12(16)17)11(8)15-13(18)14-9(2)7-19-3/h4-6,9H,7H2,1-3H3,(H,16,17)(H2,14,15,18). The van der Waals surface area contributed by atoms with E-state index in [0.29, 0.717) is 17.9 Å². The van der Waals surface area contributed by atoms with Gasteiger partial charge in [-0.15, -0.1) is 0 Å². The molecule has 1 atom stereocenters. The first kappa shape index (κ1) is 15.0. The average molecular weight is 266 g/mol. The zero-order chi connectivity index (χ0) is 14.4. The highest BCUT2D eigenvalue weighted by atomic mass is 16.5. The van der Waals surface area contributed by atoms with Crippen LogP contribution in [0.4, 0.5) is 10.5 Å². The molecule has 0 aromatic heterocycles. The molecule has 6 heteroatoms. The van der Waals surface area contributed by atoms with Crippen LogP contribution in [-0.4, -0.2) is 36.9 Å². The first-order valence-corrected chi connectivity index (χ1v) is 5.85. The first-order valence-electron chi connectivity index (χ1n) is 5.85. The van der Waals surface area contributed by atoms with Gasteiger partial charge >= 0.3 is 12.0 Å². The van der Waals surface area contributed by atoms with Crippen LogP contribution in [0, 0.1) is 6.92 Å². The van der Waals surface area contributed by atoms with E-state index in [1.165, 1.54) is 6.07 Å². The number of hydrogen-bond donors (Lipinski definition) is 3. The van der Waals surface area contributed by atoms with Crippen LogP contribution in [0.1, 0.15) is 22.8 Å². The summed E-state index contributed by atoms with van der Waals surface area (Å²) in [6, 6.07) is 4.20. The van der Waals surface area contributed by atoms with Crippen molar-refractivity contribution in [1.82, 2.24) is 5.32 Å². The summed E-state index contributed by atoms with van der Waals surface area (Å²) in [4.78, 5) is 22.8. The molecule has 1 rings (SSSR count). The molecule has 0 radical (unpaired) electrons. The lowest BCUT2D eigenvalue weighted by molar-refractivity contribution is 0.0698. The normalized spacial score (nSPS) is 11.7. The van der Waals surface area contributed by atoms with Crippen LogP contribution in [0.15, 0.2) is 18.2 Å². The maximum Gasteiger partial charge on any atom is 0.337 e. The number of amides is 2. The highest BCUT2D eigenvalue weighted by Crippen LogP contribution is 2.20. The van der Waals surface area contributed by atoms with Gasteiger partial charge in [-0.3, -0.25) is 0 Å². The minimum absolute atomic E-state index is 0.0644. The van der Waals surface area contributed by atoms with Gasteiger partial charge in [-0.05, 0) is 25.5 Å². The smallest absolute Gasteiger partial charge is 0.337 e. The van der Waals surface area contributed by atoms with Gasteiger partial charge in [0.2, 0.25) is 0 Å². The van der Waals surface area contributed by atoms with Crippen molar-refractivity contribution in [3.05, 3.63) is 29.3 Å². The molecule has 1 aromatic rings. The van der Waals surface area contributed by atoms with Crippen molar-refractivity contribution in [1.29, 1.82) is 0 Å². The molecular weight excluding hydrogens is 248 g/mol. The molecule has 0 fully saturated rings. The number of aryl methyl sites for hydroxylation is 1. The van der Waals surface area contributed by atoms with E-state index < -0.39 is 12.0 Å². The summed E-state index contributed by atoms with van der Waals surface area (Å²) in [6.07, 6.45) is 0. The molecule has 0 aliphatic heterocycles. The molecule has 0 aliphatic rings. The zero-order valence-corrected chi connectivity index (χ0v) is 11.2. The van der Waals surface area contributed by atoms with Gasteiger partial charge < -0.3 is 20.5 Å². The number of benzene rings is 1. The Labute approximate surface area is 111 Å². The number of methoxy groups -OCH3 is 1. The second kappa shape index (κ2) is 6.75. The van der Waals surface area contributed by atoms with Crippen molar-refractivity contribution >= 4 is 17.7 Å². The predicted molar refractivity (Wildman–Crippen MR) is 71.6 cm³/mol. The Bertz CT molecular complexity index is 474. The third-order valence-electron chi connectivity index (χ3n) is 2.54. The minimum Gasteiger partial charge on any atom is -0.478 e. The molecule has 0 aliphatic carbocycles. The summed E-state index contributed by atoms with van der Waals surface area (Å²) >= 11 is 0. The maximum atomic E-state index is 11.8. The monoisotopic (exact) mass is 266 g/mol. The van der Waals surface area contributed by atoms with Gasteiger partial charge in [0.15, 0.2) is 0 Å². The lowest BCUT2D eigenvalue weighted by Gasteiger charge is -2.16. The Hall–Kier alpha value is -2.08. The molecule has 0 saturated heterocycles. The Balaban J connectivity index is 2.82. The van der Waals surface area contributed by atoms with E-state index >= 15 is 0 Å². The number of ether oxygens (including phenoxy) is 1. The topological polar surface area (TPSA) is 87.7 Å². The van der Waals surface area contributed by atoms with E-state index in [9.17, 15) is 9.59 Å². The van der Waals surface area contributed by atoms with Gasteiger partial charge in [-0.25, -0.2) is 9.59 Å². The summed E-state index contributed by atoms with van der Waals surface area (Å²) in [6.45, 7) is 3.91. The van der Waals surface area contributed by atoms with Crippen molar-refractivity contribution in [2.24, 2.45) is 0 Å². The molecule has 3 N–H and O–H groups in total. The Morgan fingerprint density at radius 3 is 2.68 bits per heavy atom. The molecule has 0 spiro atoms. The summed E-state index contributed by atoms with van der Waals surface area (Å²) in [5.74, 6) is -1.08. The van der Waals surface area contributed by atoms with Gasteiger partial charge in [0.25, 0.3) is 0 Å². The predicted octanol–water partition coefficient (Wildman–Crippen LogP) is 1.85. The number of carboxylic acids is 1. The van der Waals surface area contributed by atoms with Crippen LogP contribution in [-0.2, 0) is 4.74 Å². The molecule has 104 valence electrons. The zero-order valence-electron chi connectivity index (χ0n) is 11.2. The second-order valence-electron chi connectivity index (χ2n) is 4.26. The van der Waals surface area contributed by atoms with Crippen LogP contribution < -0.4 is 10.6 Å². The van der Waals surface area contributed by atoms with Gasteiger partial charge in [0, 0.05) is 7.11 Å². The molecule has 1 unspecified atom stereocenters. The number of anilines is 1. The second-order valence-corrected chi connectivity index (χ2v) is 4.26. The number of nitrogens with one attached hydrogen (secondary N) is 2. The molecule has 19 heavy (non-hydrogen) atoms. The number of hydrogen-bond acceptors (Lipinski definition) is 3. The number of carboxylic acid groups (broad SMARTS) is 1. The van der Waals surface area contributed by atoms with Crippen LogP contribution in [0.3, 0.4) is 0 Å². The Morgan fingerprint density at radius 1 is 1.42 bits per heavy atom. The van der Waals surface area contributed by atoms with Crippen LogP contribution in [0.2, 0.25) is 0 Å². The highest BCUT2D eigenvalue weighted by Gasteiger charge is 2.15. The number of para-hydroxylation sites is 1. The van der Waals surface area contributed by atoms with E-state index in [0.717, 1.165) is 0 Å². The summed E-state index contributed by atoms with van der Waals surface area (Å²) < 4.78 is 4.90. The van der Waals surface area contributed by atoms with Crippen molar-refractivity contribution < 1.29 is 19.4 Å². The van der Waals surface area contributed by atoms with Crippen LogP contribution in [0.5, 0.6) is 0 Å². The lowest BCUT2D eigenvalue weighted by atomic mass is 10.1. The highest BCUT2D eigenvalue weighted by molar-refractivity contribution is 6.01. The fourth-order valence-electron chi connectivity index (χ4n) is 1.68. The van der Waals surface area contributed by atoms with Crippen LogP contribution in [0.25, 0.3) is 0 Å². The number of aromatic carboxylic acids is 1. The summed E-state index contributed by atoms with van der Waals surface area (Å²) in [7, 11) is 1.54. The number of urea groups is 1. The van der Waals surface area contributed by atoms with Crippen molar-refractivity contribution in [3.8, 4) is 0 Å². The van der Waals surface area contributed by atoms with E-state index in [4.69, 9.17) is 9.84 Å². The van der Waals surface area contributed by atoms with Gasteiger partial charge in [-0.2, -0.15) is 0 Å². The van der Waals surface area contributed by atoms with E-state index in [2.05, 4.69) is 10.6 Å². The minimum atomic E-state index is -1.08. The lowest BCUT2D eigenvalue weighted by Crippen LogP contribution is -2.39. The first-order chi connectivity index (χ1) is 8.95. The number of carbonyl (C=O) groups is 2. The van der Waals surface area contributed by atoms with E-state index in [-0.39, 0.29) is 11.6 Å². The Morgan fingerprint density at radius 2 is 2.11 bits per heavy atom. The molecule has 1 aromatic carbocycles. The SMILES string of the molecule is COCC(C)NC(=O)Nc1c(C)cccc1C(=O)O. The fourth-order valence-corrected chi connectivity index (χ4v) is 1.68. The molecule has 6 nitrogen and oxygen atoms in total. The van der Waals surface area contributed by atoms with Crippen molar-refractivity contribution in [2.45, 2.75) is 19.9 Å². The fraction of sp³-hybridized carbons (Fsp3) is 0.385. The molecule has 2 amide bonds. The molecular formula is C13H18N2O4. The Kier molecular flexibility index (Phi) is 5.32. The maximum absolute atomic E-state index is 11.8. The quantitative estimate of drug-likeness (QED) is 0.759. The van der Waals surface area contributed by atoms with E-state index in [1.54, 1.807) is 33.1 Å². The van der Waals surface area contributed by atoms with E-state index in [1.807, 2.05) is 0 Å². The molecule has 0 bridgehead atoms.